The summed E-state index contributed by atoms with van der Waals surface area (Å²) in [6.45, 7) is 5.36. The first kappa shape index (κ1) is 11.1. The van der Waals surface area contributed by atoms with E-state index in [0.29, 0.717) is 11.8 Å². The molecular weight excluding hydrogens is 240 g/mol. The summed E-state index contributed by atoms with van der Waals surface area (Å²) in [7, 11) is 0. The van der Waals surface area contributed by atoms with E-state index in [9.17, 15) is 0 Å². The van der Waals surface area contributed by atoms with Crippen LogP contribution in [0.1, 0.15) is 5.56 Å². The van der Waals surface area contributed by atoms with Crippen molar-refractivity contribution in [3.63, 3.8) is 0 Å². The molecular formula is C12H15ClN2O2. The third-order valence-electron chi connectivity index (χ3n) is 3.12. The minimum absolute atomic E-state index is 0.296. The monoisotopic (exact) mass is 254 g/mol. The fraction of sp³-hybridized carbons (Fsp3) is 0.500. The molecule has 2 aliphatic rings. The zero-order valence-corrected chi connectivity index (χ0v) is 10.3. The lowest BCUT2D eigenvalue weighted by Crippen LogP contribution is -2.42. The first-order valence-corrected chi connectivity index (χ1v) is 6.22. The second kappa shape index (κ2) is 4.72. The average molecular weight is 255 g/mol. The van der Waals surface area contributed by atoms with Crippen LogP contribution in [0.15, 0.2) is 12.1 Å². The van der Waals surface area contributed by atoms with Gasteiger partial charge in [0, 0.05) is 49.4 Å². The highest BCUT2D eigenvalue weighted by atomic mass is 35.5. The van der Waals surface area contributed by atoms with Gasteiger partial charge in [-0.1, -0.05) is 11.6 Å². The van der Waals surface area contributed by atoms with Crippen molar-refractivity contribution < 1.29 is 9.47 Å². The van der Waals surface area contributed by atoms with Gasteiger partial charge in [0.1, 0.15) is 0 Å². The van der Waals surface area contributed by atoms with Crippen molar-refractivity contribution in [2.45, 2.75) is 6.54 Å². The third kappa shape index (κ3) is 2.34. The van der Waals surface area contributed by atoms with Crippen molar-refractivity contribution in [1.82, 2.24) is 10.2 Å². The van der Waals surface area contributed by atoms with Gasteiger partial charge in [-0.15, -0.1) is 0 Å². The van der Waals surface area contributed by atoms with E-state index >= 15 is 0 Å². The van der Waals surface area contributed by atoms with Crippen LogP contribution in [0.3, 0.4) is 0 Å². The molecule has 1 saturated heterocycles. The molecule has 4 nitrogen and oxygen atoms in total. The van der Waals surface area contributed by atoms with E-state index in [1.54, 1.807) is 0 Å². The molecule has 1 N–H and O–H groups in total. The fourth-order valence-electron chi connectivity index (χ4n) is 2.27. The van der Waals surface area contributed by atoms with Crippen LogP contribution in [-0.4, -0.2) is 37.9 Å². The highest BCUT2D eigenvalue weighted by Crippen LogP contribution is 2.38. The first-order valence-electron chi connectivity index (χ1n) is 5.84. The summed E-state index contributed by atoms with van der Waals surface area (Å²) in [6, 6.07) is 3.78. The molecule has 0 radical (unpaired) electrons. The highest BCUT2D eigenvalue weighted by molar-refractivity contribution is 6.30. The van der Waals surface area contributed by atoms with Gasteiger partial charge in [0.05, 0.1) is 0 Å². The Hall–Kier alpha value is -0.970. The molecule has 92 valence electrons. The van der Waals surface area contributed by atoms with Gasteiger partial charge in [-0.05, 0) is 6.07 Å². The van der Waals surface area contributed by atoms with Gasteiger partial charge in [0.2, 0.25) is 6.79 Å². The van der Waals surface area contributed by atoms with Crippen LogP contribution in [0, 0.1) is 0 Å². The quantitative estimate of drug-likeness (QED) is 0.867. The van der Waals surface area contributed by atoms with Crippen molar-refractivity contribution >= 4 is 11.6 Å². The van der Waals surface area contributed by atoms with Crippen LogP contribution in [0.25, 0.3) is 0 Å². The van der Waals surface area contributed by atoms with Gasteiger partial charge in [0.15, 0.2) is 11.5 Å². The lowest BCUT2D eigenvalue weighted by Gasteiger charge is -2.27. The minimum atomic E-state index is 0.296. The lowest BCUT2D eigenvalue weighted by molar-refractivity contribution is 0.171. The molecule has 0 aliphatic carbocycles. The molecule has 0 unspecified atom stereocenters. The molecule has 1 aromatic rings. The number of nitrogens with zero attached hydrogens (tertiary/aromatic N) is 1. The zero-order chi connectivity index (χ0) is 11.7. The zero-order valence-electron chi connectivity index (χ0n) is 9.54. The molecule has 2 heterocycles. The van der Waals surface area contributed by atoms with Gasteiger partial charge in [-0.25, -0.2) is 0 Å². The van der Waals surface area contributed by atoms with Crippen molar-refractivity contribution in [2.24, 2.45) is 0 Å². The van der Waals surface area contributed by atoms with E-state index in [2.05, 4.69) is 10.2 Å². The van der Waals surface area contributed by atoms with E-state index in [0.717, 1.165) is 49.8 Å². The Bertz CT molecular complexity index is 419. The Morgan fingerprint density at radius 1 is 1.24 bits per heavy atom. The van der Waals surface area contributed by atoms with Gasteiger partial charge in [-0.2, -0.15) is 0 Å². The van der Waals surface area contributed by atoms with Crippen molar-refractivity contribution in [3.05, 3.63) is 22.7 Å². The smallest absolute Gasteiger partial charge is 0.231 e. The third-order valence-corrected chi connectivity index (χ3v) is 3.34. The molecule has 5 heteroatoms. The first-order chi connectivity index (χ1) is 8.33. The van der Waals surface area contributed by atoms with Crippen LogP contribution >= 0.6 is 11.6 Å². The summed E-state index contributed by atoms with van der Waals surface area (Å²) in [5.41, 5.74) is 1.12. The predicted molar refractivity (Wildman–Crippen MR) is 65.7 cm³/mol. The number of ether oxygens (including phenoxy) is 2. The van der Waals surface area contributed by atoms with Crippen molar-refractivity contribution in [1.29, 1.82) is 0 Å². The summed E-state index contributed by atoms with van der Waals surface area (Å²) < 4.78 is 10.9. The second-order valence-corrected chi connectivity index (χ2v) is 4.76. The maximum atomic E-state index is 6.08. The Labute approximate surface area is 105 Å². The number of nitrogens with one attached hydrogen (secondary N) is 1. The SMILES string of the molecule is Clc1cc(CN2CCNCC2)c2c(c1)OCO2. The number of benzene rings is 1. The number of fused-ring (bicyclic) bond motifs is 1. The Kier molecular flexibility index (Phi) is 3.09. The summed E-state index contributed by atoms with van der Waals surface area (Å²) in [5, 5.41) is 4.05. The Morgan fingerprint density at radius 2 is 2.06 bits per heavy atom. The summed E-state index contributed by atoms with van der Waals surface area (Å²) in [6.07, 6.45) is 0. The van der Waals surface area contributed by atoms with E-state index in [1.165, 1.54) is 0 Å². The summed E-state index contributed by atoms with van der Waals surface area (Å²) in [5.74, 6) is 1.62. The highest BCUT2D eigenvalue weighted by Gasteiger charge is 2.21. The van der Waals surface area contributed by atoms with Gasteiger partial charge in [0.25, 0.3) is 0 Å². The molecule has 0 saturated carbocycles. The van der Waals surface area contributed by atoms with Gasteiger partial charge >= 0.3 is 0 Å². The predicted octanol–water partition coefficient (Wildman–Crippen LogP) is 1.47. The molecule has 0 aromatic heterocycles. The maximum absolute atomic E-state index is 6.08. The minimum Gasteiger partial charge on any atom is -0.454 e. The normalized spacial score (nSPS) is 19.6. The van der Waals surface area contributed by atoms with Crippen molar-refractivity contribution in [3.8, 4) is 11.5 Å². The van der Waals surface area contributed by atoms with E-state index in [4.69, 9.17) is 21.1 Å². The van der Waals surface area contributed by atoms with E-state index < -0.39 is 0 Å². The molecule has 0 amide bonds. The van der Waals surface area contributed by atoms with Gasteiger partial charge in [-0.3, -0.25) is 4.90 Å². The molecule has 2 aliphatic heterocycles. The largest absolute Gasteiger partial charge is 0.454 e. The average Bonchev–Trinajstić information content (AvgIpc) is 2.78. The molecule has 0 bridgehead atoms. The molecule has 0 spiro atoms. The van der Waals surface area contributed by atoms with E-state index in [-0.39, 0.29) is 0 Å². The Balaban J connectivity index is 1.82. The molecule has 3 rings (SSSR count). The number of rotatable bonds is 2. The summed E-state index contributed by atoms with van der Waals surface area (Å²) >= 11 is 6.08. The van der Waals surface area contributed by atoms with Crippen LogP contribution in [0.4, 0.5) is 0 Å². The van der Waals surface area contributed by atoms with Crippen LogP contribution in [-0.2, 0) is 6.54 Å². The topological polar surface area (TPSA) is 33.7 Å². The Morgan fingerprint density at radius 3 is 2.88 bits per heavy atom. The maximum Gasteiger partial charge on any atom is 0.231 e. The number of hydrogen-bond acceptors (Lipinski definition) is 4. The number of hydrogen-bond donors (Lipinski definition) is 1. The van der Waals surface area contributed by atoms with Crippen LogP contribution in [0.2, 0.25) is 5.02 Å². The lowest BCUT2D eigenvalue weighted by atomic mass is 10.1. The fourth-order valence-corrected chi connectivity index (χ4v) is 2.50. The van der Waals surface area contributed by atoms with Crippen molar-refractivity contribution in [2.75, 3.05) is 33.0 Å². The standard InChI is InChI=1S/C12H15ClN2O2/c13-10-5-9(7-15-3-1-14-2-4-15)12-11(6-10)16-8-17-12/h5-6,14H,1-4,7-8H2. The molecule has 17 heavy (non-hydrogen) atoms. The summed E-state index contributed by atoms with van der Waals surface area (Å²) in [4.78, 5) is 2.39. The van der Waals surface area contributed by atoms with Gasteiger partial charge < -0.3 is 14.8 Å². The number of halogens is 1. The molecule has 1 fully saturated rings. The van der Waals surface area contributed by atoms with E-state index in [1.807, 2.05) is 12.1 Å². The van der Waals surface area contributed by atoms with Crippen LogP contribution < -0.4 is 14.8 Å². The molecule has 1 aromatic carbocycles. The van der Waals surface area contributed by atoms with Crippen LogP contribution in [0.5, 0.6) is 11.5 Å². The molecule has 0 atom stereocenters. The second-order valence-electron chi connectivity index (χ2n) is 4.32. The number of piperazine rings is 1.